The summed E-state index contributed by atoms with van der Waals surface area (Å²) < 4.78 is 13.0. The van der Waals surface area contributed by atoms with E-state index in [0.717, 1.165) is 13.0 Å². The molecule has 0 spiro atoms. The maximum atomic E-state index is 13.0. The second kappa shape index (κ2) is 2.62. The molecule has 0 bridgehead atoms. The summed E-state index contributed by atoms with van der Waals surface area (Å²) in [6.07, 6.45) is 1.33. The lowest BCUT2D eigenvalue weighted by Crippen LogP contribution is -2.44. The summed E-state index contributed by atoms with van der Waals surface area (Å²) in [6, 6.07) is 0. The predicted molar refractivity (Wildman–Crippen MR) is 33.0 cm³/mol. The minimum atomic E-state index is -1.34. The fourth-order valence-corrected chi connectivity index (χ4v) is 1.07. The molecule has 54 valence electrons. The van der Waals surface area contributed by atoms with E-state index in [1.165, 1.54) is 0 Å². The van der Waals surface area contributed by atoms with Gasteiger partial charge < -0.3 is 10.4 Å². The SMILES string of the molecule is OC[C@@]1(F)CCCNC1. The van der Waals surface area contributed by atoms with Crippen LogP contribution in [0.1, 0.15) is 12.8 Å². The second-order valence-corrected chi connectivity index (χ2v) is 2.59. The minimum Gasteiger partial charge on any atom is -0.393 e. The molecule has 0 amide bonds. The molecule has 0 aromatic rings. The van der Waals surface area contributed by atoms with Crippen LogP contribution in [-0.4, -0.2) is 30.5 Å². The Hall–Kier alpha value is -0.150. The van der Waals surface area contributed by atoms with E-state index in [0.29, 0.717) is 13.0 Å². The van der Waals surface area contributed by atoms with Gasteiger partial charge in [0.1, 0.15) is 5.67 Å². The van der Waals surface area contributed by atoms with Crippen molar-refractivity contribution in [2.75, 3.05) is 19.7 Å². The van der Waals surface area contributed by atoms with E-state index in [4.69, 9.17) is 5.11 Å². The van der Waals surface area contributed by atoms with Crippen molar-refractivity contribution in [3.05, 3.63) is 0 Å². The molecule has 2 nitrogen and oxygen atoms in total. The van der Waals surface area contributed by atoms with Crippen molar-refractivity contribution in [1.29, 1.82) is 0 Å². The first kappa shape index (κ1) is 6.96. The smallest absolute Gasteiger partial charge is 0.146 e. The number of piperidine rings is 1. The van der Waals surface area contributed by atoms with Gasteiger partial charge in [-0.1, -0.05) is 0 Å². The van der Waals surface area contributed by atoms with Crippen LogP contribution in [-0.2, 0) is 0 Å². The van der Waals surface area contributed by atoms with E-state index >= 15 is 0 Å². The molecule has 0 saturated carbocycles. The van der Waals surface area contributed by atoms with Crippen LogP contribution < -0.4 is 5.32 Å². The molecular weight excluding hydrogens is 121 g/mol. The molecule has 2 N–H and O–H groups in total. The van der Waals surface area contributed by atoms with Crippen molar-refractivity contribution >= 4 is 0 Å². The van der Waals surface area contributed by atoms with E-state index in [2.05, 4.69) is 5.32 Å². The highest BCUT2D eigenvalue weighted by Crippen LogP contribution is 2.19. The summed E-state index contributed by atoms with van der Waals surface area (Å²) >= 11 is 0. The Morgan fingerprint density at radius 2 is 2.44 bits per heavy atom. The van der Waals surface area contributed by atoms with Crippen LogP contribution in [0.5, 0.6) is 0 Å². The number of rotatable bonds is 1. The molecule has 0 aromatic heterocycles. The van der Waals surface area contributed by atoms with Gasteiger partial charge >= 0.3 is 0 Å². The van der Waals surface area contributed by atoms with Crippen LogP contribution >= 0.6 is 0 Å². The van der Waals surface area contributed by atoms with Gasteiger partial charge in [0, 0.05) is 6.54 Å². The van der Waals surface area contributed by atoms with E-state index in [1.807, 2.05) is 0 Å². The Kier molecular flexibility index (Phi) is 2.03. The average Bonchev–Trinajstić information content (AvgIpc) is 1.90. The second-order valence-electron chi connectivity index (χ2n) is 2.59. The molecule has 1 fully saturated rings. The molecule has 1 atom stereocenters. The number of nitrogens with one attached hydrogen (secondary N) is 1. The number of aliphatic hydroxyl groups is 1. The molecule has 3 heteroatoms. The molecule has 1 rings (SSSR count). The zero-order valence-electron chi connectivity index (χ0n) is 5.36. The van der Waals surface area contributed by atoms with Crippen molar-refractivity contribution < 1.29 is 9.50 Å². The molecule has 9 heavy (non-hydrogen) atoms. The molecule has 0 radical (unpaired) electrons. The lowest BCUT2D eigenvalue weighted by Gasteiger charge is -2.27. The summed E-state index contributed by atoms with van der Waals surface area (Å²) in [5.74, 6) is 0. The third-order valence-corrected chi connectivity index (χ3v) is 1.70. The predicted octanol–water partition coefficient (Wildman–Crippen LogP) is 0.0704. The average molecular weight is 133 g/mol. The molecule has 0 aromatic carbocycles. The largest absolute Gasteiger partial charge is 0.393 e. The van der Waals surface area contributed by atoms with Crippen molar-refractivity contribution in [3.63, 3.8) is 0 Å². The maximum Gasteiger partial charge on any atom is 0.146 e. The van der Waals surface area contributed by atoms with Crippen LogP contribution in [0.25, 0.3) is 0 Å². The van der Waals surface area contributed by atoms with Gasteiger partial charge in [0.15, 0.2) is 0 Å². The third-order valence-electron chi connectivity index (χ3n) is 1.70. The number of alkyl halides is 1. The Balaban J connectivity index is 2.37. The Morgan fingerprint density at radius 1 is 1.67 bits per heavy atom. The van der Waals surface area contributed by atoms with Gasteiger partial charge in [0.05, 0.1) is 6.61 Å². The zero-order chi connectivity index (χ0) is 6.74. The topological polar surface area (TPSA) is 32.3 Å². The van der Waals surface area contributed by atoms with Gasteiger partial charge in [-0.15, -0.1) is 0 Å². The lowest BCUT2D eigenvalue weighted by atomic mass is 9.97. The van der Waals surface area contributed by atoms with Crippen molar-refractivity contribution in [2.45, 2.75) is 18.5 Å². The first-order chi connectivity index (χ1) is 4.27. The van der Waals surface area contributed by atoms with Crippen LogP contribution in [0.2, 0.25) is 0 Å². The maximum absolute atomic E-state index is 13.0. The number of hydrogen-bond donors (Lipinski definition) is 2. The molecular formula is C6H12FNO. The minimum absolute atomic E-state index is 0.309. The first-order valence-electron chi connectivity index (χ1n) is 3.27. The monoisotopic (exact) mass is 133 g/mol. The van der Waals surface area contributed by atoms with Crippen LogP contribution in [0.3, 0.4) is 0 Å². The number of aliphatic hydroxyl groups excluding tert-OH is 1. The van der Waals surface area contributed by atoms with Crippen LogP contribution in [0.15, 0.2) is 0 Å². The van der Waals surface area contributed by atoms with Gasteiger partial charge in [0.25, 0.3) is 0 Å². The summed E-state index contributed by atoms with van der Waals surface area (Å²) in [5.41, 5.74) is -1.34. The molecule has 1 saturated heterocycles. The fourth-order valence-electron chi connectivity index (χ4n) is 1.07. The van der Waals surface area contributed by atoms with Crippen LogP contribution in [0.4, 0.5) is 4.39 Å². The molecule has 0 unspecified atom stereocenters. The van der Waals surface area contributed by atoms with Gasteiger partial charge in [-0.25, -0.2) is 4.39 Å². The molecule has 1 aliphatic rings. The highest BCUT2D eigenvalue weighted by Gasteiger charge is 2.30. The third kappa shape index (κ3) is 1.63. The fraction of sp³-hybridized carbons (Fsp3) is 1.00. The number of halogens is 1. The van der Waals surface area contributed by atoms with E-state index in [9.17, 15) is 4.39 Å². The van der Waals surface area contributed by atoms with Crippen molar-refractivity contribution in [3.8, 4) is 0 Å². The molecule has 0 aliphatic carbocycles. The summed E-state index contributed by atoms with van der Waals surface area (Å²) in [4.78, 5) is 0. The Morgan fingerprint density at radius 3 is 2.78 bits per heavy atom. The quantitative estimate of drug-likeness (QED) is 0.530. The van der Waals surface area contributed by atoms with Gasteiger partial charge in [0.2, 0.25) is 0 Å². The highest BCUT2D eigenvalue weighted by atomic mass is 19.1. The molecule has 1 aliphatic heterocycles. The summed E-state index contributed by atoms with van der Waals surface area (Å²) in [6.45, 7) is 0.842. The zero-order valence-corrected chi connectivity index (χ0v) is 5.36. The summed E-state index contributed by atoms with van der Waals surface area (Å²) in [5, 5.41) is 11.4. The van der Waals surface area contributed by atoms with Crippen LogP contribution in [0, 0.1) is 0 Å². The Bertz CT molecular complexity index is 91.1. The van der Waals surface area contributed by atoms with Crippen molar-refractivity contribution in [2.24, 2.45) is 0 Å². The molecule has 1 heterocycles. The van der Waals surface area contributed by atoms with E-state index in [-0.39, 0.29) is 6.61 Å². The lowest BCUT2D eigenvalue weighted by molar-refractivity contribution is 0.0479. The number of hydrogen-bond acceptors (Lipinski definition) is 2. The van der Waals surface area contributed by atoms with E-state index < -0.39 is 5.67 Å². The standard InChI is InChI=1S/C6H12FNO/c7-6(5-9)2-1-3-8-4-6/h8-9H,1-5H2/t6-/m1/s1. The normalized spacial score (nSPS) is 36.7. The van der Waals surface area contributed by atoms with Gasteiger partial charge in [-0.05, 0) is 19.4 Å². The highest BCUT2D eigenvalue weighted by molar-refractivity contribution is 4.84. The first-order valence-corrected chi connectivity index (χ1v) is 3.27. The van der Waals surface area contributed by atoms with Gasteiger partial charge in [-0.3, -0.25) is 0 Å². The Labute approximate surface area is 54.1 Å². The van der Waals surface area contributed by atoms with Gasteiger partial charge in [-0.2, -0.15) is 0 Å². The summed E-state index contributed by atoms with van der Waals surface area (Å²) in [7, 11) is 0. The van der Waals surface area contributed by atoms with Crippen molar-refractivity contribution in [1.82, 2.24) is 5.32 Å². The van der Waals surface area contributed by atoms with E-state index in [1.54, 1.807) is 0 Å².